The number of ether oxygens (including phenoxy) is 1. The molecule has 6 nitrogen and oxygen atoms in total. The summed E-state index contributed by atoms with van der Waals surface area (Å²) in [7, 11) is 0. The van der Waals surface area contributed by atoms with Crippen molar-refractivity contribution in [1.82, 2.24) is 4.90 Å². The van der Waals surface area contributed by atoms with Gasteiger partial charge in [-0.05, 0) is 19.1 Å². The van der Waals surface area contributed by atoms with Gasteiger partial charge < -0.3 is 15.8 Å². The highest BCUT2D eigenvalue weighted by molar-refractivity contribution is 7.80. The van der Waals surface area contributed by atoms with Crippen molar-refractivity contribution in [2.24, 2.45) is 5.73 Å². The molecule has 1 aromatic carbocycles. The van der Waals surface area contributed by atoms with Crippen LogP contribution in [0.25, 0.3) is 0 Å². The SMILES string of the molecule is CC(C(=O)Nc1cccc(C(N)=S)c1)N1CCOC1=O. The molecule has 0 aliphatic carbocycles. The highest BCUT2D eigenvalue weighted by Crippen LogP contribution is 2.14. The van der Waals surface area contributed by atoms with E-state index >= 15 is 0 Å². The van der Waals surface area contributed by atoms with E-state index in [1.807, 2.05) is 0 Å². The maximum atomic E-state index is 12.1. The van der Waals surface area contributed by atoms with Gasteiger partial charge in [-0.3, -0.25) is 9.69 Å². The van der Waals surface area contributed by atoms with Crippen molar-refractivity contribution in [1.29, 1.82) is 0 Å². The zero-order chi connectivity index (χ0) is 14.7. The van der Waals surface area contributed by atoms with Crippen LogP contribution in [0.5, 0.6) is 0 Å². The number of cyclic esters (lactones) is 1. The zero-order valence-electron chi connectivity index (χ0n) is 11.0. The first kappa shape index (κ1) is 14.3. The summed E-state index contributed by atoms with van der Waals surface area (Å²) in [4.78, 5) is 25.2. The van der Waals surface area contributed by atoms with Gasteiger partial charge in [0.2, 0.25) is 5.91 Å². The van der Waals surface area contributed by atoms with Crippen LogP contribution >= 0.6 is 12.2 Å². The van der Waals surface area contributed by atoms with Gasteiger partial charge in [-0.15, -0.1) is 0 Å². The van der Waals surface area contributed by atoms with Gasteiger partial charge in [-0.25, -0.2) is 4.79 Å². The summed E-state index contributed by atoms with van der Waals surface area (Å²) in [5.41, 5.74) is 6.80. The van der Waals surface area contributed by atoms with E-state index in [0.29, 0.717) is 24.4 Å². The Hall–Kier alpha value is -2.15. The van der Waals surface area contributed by atoms with E-state index in [2.05, 4.69) is 5.32 Å². The predicted octanol–water partition coefficient (Wildman–Crippen LogP) is 1.10. The summed E-state index contributed by atoms with van der Waals surface area (Å²) in [6, 6.07) is 6.33. The molecule has 3 N–H and O–H groups in total. The lowest BCUT2D eigenvalue weighted by Crippen LogP contribution is -2.42. The van der Waals surface area contributed by atoms with Crippen molar-refractivity contribution in [3.8, 4) is 0 Å². The van der Waals surface area contributed by atoms with E-state index in [1.54, 1.807) is 31.2 Å². The standard InChI is InChI=1S/C13H15N3O3S/c1-8(16-5-6-19-13(16)18)12(17)15-10-4-2-3-9(7-10)11(14)20/h2-4,7-8H,5-6H2,1H3,(H2,14,20)(H,15,17). The number of nitrogens with zero attached hydrogens (tertiary/aromatic N) is 1. The van der Waals surface area contributed by atoms with E-state index in [1.165, 1.54) is 4.90 Å². The first-order valence-electron chi connectivity index (χ1n) is 6.13. The fourth-order valence-corrected chi connectivity index (χ4v) is 2.02. The number of rotatable bonds is 4. The molecule has 1 aliphatic heterocycles. The van der Waals surface area contributed by atoms with E-state index < -0.39 is 12.1 Å². The third kappa shape index (κ3) is 3.05. The Morgan fingerprint density at radius 3 is 2.90 bits per heavy atom. The number of carbonyl (C=O) groups is 2. The maximum Gasteiger partial charge on any atom is 0.410 e. The smallest absolute Gasteiger partial charge is 0.410 e. The van der Waals surface area contributed by atoms with Gasteiger partial charge in [-0.1, -0.05) is 24.4 Å². The number of nitrogens with one attached hydrogen (secondary N) is 1. The molecule has 20 heavy (non-hydrogen) atoms. The molecule has 1 heterocycles. The molecule has 1 atom stereocenters. The Morgan fingerprint density at radius 2 is 2.30 bits per heavy atom. The van der Waals surface area contributed by atoms with Crippen molar-refractivity contribution in [3.63, 3.8) is 0 Å². The molecule has 0 spiro atoms. The van der Waals surface area contributed by atoms with Crippen LogP contribution in [0, 0.1) is 0 Å². The minimum Gasteiger partial charge on any atom is -0.448 e. The quantitative estimate of drug-likeness (QED) is 0.812. The van der Waals surface area contributed by atoms with Gasteiger partial charge in [0.15, 0.2) is 0 Å². The number of hydrogen-bond donors (Lipinski definition) is 2. The molecule has 0 aromatic heterocycles. The summed E-state index contributed by atoms with van der Waals surface area (Å²) in [6.45, 7) is 2.38. The lowest BCUT2D eigenvalue weighted by atomic mass is 10.2. The lowest BCUT2D eigenvalue weighted by molar-refractivity contribution is -0.119. The summed E-state index contributed by atoms with van der Waals surface area (Å²) >= 11 is 4.89. The summed E-state index contributed by atoms with van der Waals surface area (Å²) in [5.74, 6) is -0.288. The number of thiocarbonyl (C=S) groups is 1. The third-order valence-corrected chi connectivity index (χ3v) is 3.29. The fourth-order valence-electron chi connectivity index (χ4n) is 1.90. The highest BCUT2D eigenvalue weighted by Gasteiger charge is 2.31. The first-order valence-corrected chi connectivity index (χ1v) is 6.54. The largest absolute Gasteiger partial charge is 0.448 e. The van der Waals surface area contributed by atoms with Crippen molar-refractivity contribution in [3.05, 3.63) is 29.8 Å². The normalized spacial score (nSPS) is 15.7. The summed E-state index contributed by atoms with van der Waals surface area (Å²) < 4.78 is 4.81. The first-order chi connectivity index (χ1) is 9.49. The molecule has 1 aliphatic rings. The monoisotopic (exact) mass is 293 g/mol. The molecule has 7 heteroatoms. The second-order valence-corrected chi connectivity index (χ2v) is 4.86. The molecule has 1 unspecified atom stereocenters. The Morgan fingerprint density at radius 1 is 1.55 bits per heavy atom. The van der Waals surface area contributed by atoms with Crippen LogP contribution in [-0.2, 0) is 9.53 Å². The van der Waals surface area contributed by atoms with Crippen LogP contribution in [0.1, 0.15) is 12.5 Å². The molecular weight excluding hydrogens is 278 g/mol. The number of amides is 2. The highest BCUT2D eigenvalue weighted by atomic mass is 32.1. The third-order valence-electron chi connectivity index (χ3n) is 3.05. The molecule has 1 fully saturated rings. The summed E-state index contributed by atoms with van der Waals surface area (Å²) in [5, 5.41) is 2.73. The number of benzene rings is 1. The Bertz CT molecular complexity index is 562. The van der Waals surface area contributed by atoms with Crippen molar-refractivity contribution in [2.75, 3.05) is 18.5 Å². The van der Waals surface area contributed by atoms with Gasteiger partial charge in [0.1, 0.15) is 17.6 Å². The van der Waals surface area contributed by atoms with Crippen LogP contribution in [0.2, 0.25) is 0 Å². The Labute approximate surface area is 121 Å². The van der Waals surface area contributed by atoms with Crippen LogP contribution < -0.4 is 11.1 Å². The maximum absolute atomic E-state index is 12.1. The number of hydrogen-bond acceptors (Lipinski definition) is 4. The molecule has 2 rings (SSSR count). The average molecular weight is 293 g/mol. The topological polar surface area (TPSA) is 84.7 Å². The van der Waals surface area contributed by atoms with Crippen molar-refractivity contribution in [2.45, 2.75) is 13.0 Å². The van der Waals surface area contributed by atoms with Crippen molar-refractivity contribution >= 4 is 34.9 Å². The number of nitrogens with two attached hydrogens (primary N) is 1. The van der Waals surface area contributed by atoms with Gasteiger partial charge in [-0.2, -0.15) is 0 Å². The molecule has 106 valence electrons. The van der Waals surface area contributed by atoms with Crippen LogP contribution in [0.15, 0.2) is 24.3 Å². The molecular formula is C13H15N3O3S. The van der Waals surface area contributed by atoms with Gasteiger partial charge >= 0.3 is 6.09 Å². The van der Waals surface area contributed by atoms with Crippen LogP contribution in [0.4, 0.5) is 10.5 Å². The van der Waals surface area contributed by atoms with Gasteiger partial charge in [0.25, 0.3) is 0 Å². The van der Waals surface area contributed by atoms with E-state index in [-0.39, 0.29) is 10.9 Å². The second kappa shape index (κ2) is 5.87. The average Bonchev–Trinajstić information content (AvgIpc) is 2.84. The Balaban J connectivity index is 2.05. The van der Waals surface area contributed by atoms with Crippen LogP contribution in [-0.4, -0.2) is 41.1 Å². The molecule has 1 saturated heterocycles. The zero-order valence-corrected chi connectivity index (χ0v) is 11.8. The van der Waals surface area contributed by atoms with Crippen molar-refractivity contribution < 1.29 is 14.3 Å². The van der Waals surface area contributed by atoms with Gasteiger partial charge in [0, 0.05) is 11.3 Å². The molecule has 0 bridgehead atoms. The Kier molecular flexibility index (Phi) is 4.19. The summed E-state index contributed by atoms with van der Waals surface area (Å²) in [6.07, 6.45) is -0.468. The van der Waals surface area contributed by atoms with Gasteiger partial charge in [0.05, 0.1) is 6.54 Å². The van der Waals surface area contributed by atoms with E-state index in [0.717, 1.165) is 0 Å². The minimum absolute atomic E-state index is 0.261. The van der Waals surface area contributed by atoms with E-state index in [4.69, 9.17) is 22.7 Å². The predicted molar refractivity (Wildman–Crippen MR) is 78.5 cm³/mol. The molecule has 1 aromatic rings. The minimum atomic E-state index is -0.599. The number of anilines is 1. The van der Waals surface area contributed by atoms with Crippen LogP contribution in [0.3, 0.4) is 0 Å². The molecule has 0 radical (unpaired) electrons. The lowest BCUT2D eigenvalue weighted by Gasteiger charge is -2.20. The number of carbonyl (C=O) groups excluding carboxylic acids is 2. The van der Waals surface area contributed by atoms with E-state index in [9.17, 15) is 9.59 Å². The second-order valence-electron chi connectivity index (χ2n) is 4.42. The fraction of sp³-hybridized carbons (Fsp3) is 0.308. The molecule has 0 saturated carbocycles. The molecule has 2 amide bonds.